The fourth-order valence-corrected chi connectivity index (χ4v) is 5.27. The highest BCUT2D eigenvalue weighted by atomic mass is 16.6. The third-order valence-electron chi connectivity index (χ3n) is 6.41. The topological polar surface area (TPSA) is 138 Å². The van der Waals surface area contributed by atoms with E-state index in [1.807, 2.05) is 25.1 Å². The number of nitro groups is 1. The van der Waals surface area contributed by atoms with E-state index in [9.17, 15) is 25.9 Å². The lowest BCUT2D eigenvalue weighted by atomic mass is 9.52. The largest absolute Gasteiger partial charge is 0.305 e. The van der Waals surface area contributed by atoms with Gasteiger partial charge in [-0.05, 0) is 68.7 Å². The van der Waals surface area contributed by atoms with Crippen LogP contribution in [0.5, 0.6) is 0 Å². The van der Waals surface area contributed by atoms with Crippen LogP contribution in [-0.4, -0.2) is 10.6 Å². The van der Waals surface area contributed by atoms with Crippen molar-refractivity contribution >= 4 is 11.4 Å². The summed E-state index contributed by atoms with van der Waals surface area (Å²) in [7, 11) is 0. The van der Waals surface area contributed by atoms with Crippen molar-refractivity contribution in [2.24, 2.45) is 17.3 Å². The lowest BCUT2D eigenvalue weighted by Crippen LogP contribution is -2.49. The third kappa shape index (κ3) is 2.72. The van der Waals surface area contributed by atoms with Crippen molar-refractivity contribution in [3.05, 3.63) is 50.1 Å². The van der Waals surface area contributed by atoms with Crippen molar-refractivity contribution in [3.8, 4) is 18.2 Å². The summed E-state index contributed by atoms with van der Waals surface area (Å²) in [4.78, 5) is 11.3. The van der Waals surface area contributed by atoms with Gasteiger partial charge in [-0.1, -0.05) is 6.08 Å². The molecule has 3 atom stereocenters. The van der Waals surface area contributed by atoms with Crippen molar-refractivity contribution < 1.29 is 4.92 Å². The molecule has 0 unspecified atom stereocenters. The molecule has 0 radical (unpaired) electrons. The minimum atomic E-state index is -1.83. The summed E-state index contributed by atoms with van der Waals surface area (Å²) < 4.78 is 0. The van der Waals surface area contributed by atoms with E-state index in [1.54, 1.807) is 19.9 Å². The Kier molecular flexibility index (Phi) is 4.99. The summed E-state index contributed by atoms with van der Waals surface area (Å²) in [5, 5.41) is 50.2. The molecule has 0 aromatic heterocycles. The second-order valence-corrected chi connectivity index (χ2v) is 7.88. The molecular weight excluding hydrogens is 366 g/mol. The zero-order chi connectivity index (χ0) is 21.5. The van der Waals surface area contributed by atoms with E-state index in [0.29, 0.717) is 23.1 Å². The zero-order valence-corrected chi connectivity index (χ0v) is 16.6. The molecule has 0 spiro atoms. The Labute approximate surface area is 169 Å². The Morgan fingerprint density at radius 1 is 1.21 bits per heavy atom. The van der Waals surface area contributed by atoms with Gasteiger partial charge in [0.05, 0.1) is 28.8 Å². The van der Waals surface area contributed by atoms with E-state index < -0.39 is 22.2 Å². The SMILES string of the molecule is Cc1cc(C)c([N+](=O)[O-])c(C)c1[C@@H]1[C@H]2CCCC=C2[C@H](C#N)C(=N)C1(C#N)C#N. The quantitative estimate of drug-likeness (QED) is 0.451. The van der Waals surface area contributed by atoms with Crippen LogP contribution in [0.15, 0.2) is 17.7 Å². The van der Waals surface area contributed by atoms with Gasteiger partial charge in [0, 0.05) is 17.0 Å². The molecule has 29 heavy (non-hydrogen) atoms. The molecule has 0 amide bonds. The molecule has 0 aliphatic heterocycles. The summed E-state index contributed by atoms with van der Waals surface area (Å²) in [6.45, 7) is 5.15. The van der Waals surface area contributed by atoms with Crippen LogP contribution in [0.1, 0.15) is 47.4 Å². The average Bonchev–Trinajstić information content (AvgIpc) is 2.68. The van der Waals surface area contributed by atoms with Gasteiger partial charge in [0.25, 0.3) is 5.69 Å². The third-order valence-corrected chi connectivity index (χ3v) is 6.41. The van der Waals surface area contributed by atoms with Crippen LogP contribution >= 0.6 is 0 Å². The number of hydrogen-bond donors (Lipinski definition) is 1. The van der Waals surface area contributed by atoms with Gasteiger partial charge in [0.15, 0.2) is 5.41 Å². The van der Waals surface area contributed by atoms with Crippen LogP contribution in [0, 0.1) is 87.5 Å². The highest BCUT2D eigenvalue weighted by Crippen LogP contribution is 2.56. The second-order valence-electron chi connectivity index (χ2n) is 7.88. The maximum atomic E-state index is 11.7. The van der Waals surface area contributed by atoms with Gasteiger partial charge in [0.2, 0.25) is 0 Å². The highest BCUT2D eigenvalue weighted by molar-refractivity contribution is 6.01. The van der Waals surface area contributed by atoms with Crippen molar-refractivity contribution in [1.29, 1.82) is 21.2 Å². The first kappa shape index (κ1) is 20.2. The summed E-state index contributed by atoms with van der Waals surface area (Å²) in [5.41, 5.74) is 0.999. The Morgan fingerprint density at radius 2 is 1.86 bits per heavy atom. The van der Waals surface area contributed by atoms with E-state index >= 15 is 0 Å². The summed E-state index contributed by atoms with van der Waals surface area (Å²) in [6, 6.07) is 7.92. The molecule has 7 nitrogen and oxygen atoms in total. The predicted molar refractivity (Wildman–Crippen MR) is 106 cm³/mol. The molecule has 0 bridgehead atoms. The number of nitriles is 3. The minimum absolute atomic E-state index is 0.0225. The van der Waals surface area contributed by atoms with E-state index in [2.05, 4.69) is 6.07 Å². The van der Waals surface area contributed by atoms with Crippen molar-refractivity contribution in [3.63, 3.8) is 0 Å². The van der Waals surface area contributed by atoms with E-state index in [-0.39, 0.29) is 17.3 Å². The molecule has 1 aromatic rings. The van der Waals surface area contributed by atoms with Crippen LogP contribution in [0.25, 0.3) is 0 Å². The number of benzene rings is 1. The van der Waals surface area contributed by atoms with Gasteiger partial charge in [0.1, 0.15) is 5.92 Å². The first-order valence-corrected chi connectivity index (χ1v) is 9.51. The molecule has 146 valence electrons. The van der Waals surface area contributed by atoms with Gasteiger partial charge in [-0.2, -0.15) is 15.8 Å². The monoisotopic (exact) mass is 387 g/mol. The summed E-state index contributed by atoms with van der Waals surface area (Å²) in [5.74, 6) is -1.90. The lowest BCUT2D eigenvalue weighted by Gasteiger charge is -2.46. The number of nitrogens with one attached hydrogen (secondary N) is 1. The molecular formula is C22H21N5O2. The number of rotatable bonds is 2. The fraction of sp³-hybridized carbons (Fsp3) is 0.455. The molecule has 1 aromatic carbocycles. The molecule has 1 saturated carbocycles. The van der Waals surface area contributed by atoms with Crippen LogP contribution < -0.4 is 0 Å². The first-order valence-electron chi connectivity index (χ1n) is 9.51. The normalized spacial score (nSPS) is 25.0. The minimum Gasteiger partial charge on any atom is -0.305 e. The second kappa shape index (κ2) is 7.15. The Bertz CT molecular complexity index is 1070. The van der Waals surface area contributed by atoms with Crippen LogP contribution in [0.3, 0.4) is 0 Å². The van der Waals surface area contributed by atoms with Crippen molar-refractivity contribution in [1.82, 2.24) is 0 Å². The standard InChI is InChI=1S/C22H21N5O2/c1-12-8-13(2)20(27(28)29)14(3)18(12)19-16-7-5-4-6-15(16)17(9-23)21(26)22(19,10-24)11-25/h6,8,16-17,19,26H,4-5,7H2,1-3H3/t16-,17-,19-/m0/s1. The van der Waals surface area contributed by atoms with E-state index in [0.717, 1.165) is 24.0 Å². The lowest BCUT2D eigenvalue weighted by molar-refractivity contribution is -0.386. The Hall–Kier alpha value is -3.50. The zero-order valence-electron chi connectivity index (χ0n) is 16.6. The molecule has 1 fully saturated rings. The number of hydrogen-bond acceptors (Lipinski definition) is 6. The number of nitrogens with zero attached hydrogens (tertiary/aromatic N) is 4. The molecule has 2 aliphatic carbocycles. The van der Waals surface area contributed by atoms with Gasteiger partial charge in [-0.15, -0.1) is 0 Å². The molecule has 7 heteroatoms. The fourth-order valence-electron chi connectivity index (χ4n) is 5.27. The van der Waals surface area contributed by atoms with Gasteiger partial charge in [-0.3, -0.25) is 10.1 Å². The smallest absolute Gasteiger partial charge is 0.275 e. The summed E-state index contributed by atoms with van der Waals surface area (Å²) in [6.07, 6.45) is 4.25. The Balaban J connectivity index is 2.41. The maximum absolute atomic E-state index is 11.7. The number of aryl methyl sites for hydroxylation is 2. The predicted octanol–water partition coefficient (Wildman–Crippen LogP) is 4.54. The summed E-state index contributed by atoms with van der Waals surface area (Å²) >= 11 is 0. The first-order chi connectivity index (χ1) is 13.7. The molecule has 2 aliphatic rings. The van der Waals surface area contributed by atoms with Crippen molar-refractivity contribution in [2.45, 2.75) is 46.0 Å². The molecule has 1 N–H and O–H groups in total. The van der Waals surface area contributed by atoms with Gasteiger partial charge in [-0.25, -0.2) is 0 Å². The molecule has 3 rings (SSSR count). The highest BCUT2D eigenvalue weighted by Gasteiger charge is 2.58. The number of allylic oxidation sites excluding steroid dienone is 2. The number of fused-ring (bicyclic) bond motifs is 1. The van der Waals surface area contributed by atoms with Crippen LogP contribution in [0.4, 0.5) is 5.69 Å². The van der Waals surface area contributed by atoms with Crippen LogP contribution in [-0.2, 0) is 0 Å². The number of nitro benzene ring substituents is 1. The average molecular weight is 387 g/mol. The van der Waals surface area contributed by atoms with E-state index in [4.69, 9.17) is 5.41 Å². The molecule has 0 heterocycles. The maximum Gasteiger partial charge on any atom is 0.275 e. The van der Waals surface area contributed by atoms with Gasteiger partial charge < -0.3 is 5.41 Å². The van der Waals surface area contributed by atoms with Gasteiger partial charge >= 0.3 is 0 Å². The Morgan fingerprint density at radius 3 is 2.41 bits per heavy atom. The van der Waals surface area contributed by atoms with E-state index in [1.165, 1.54) is 0 Å². The van der Waals surface area contributed by atoms with Crippen molar-refractivity contribution in [2.75, 3.05) is 0 Å². The van der Waals surface area contributed by atoms with Crippen LogP contribution in [0.2, 0.25) is 0 Å². The molecule has 0 saturated heterocycles.